The molecule has 20 heavy (non-hydrogen) atoms. The topological polar surface area (TPSA) is 55.2 Å². The molecule has 0 aromatic heterocycles. The largest absolute Gasteiger partial charge is 0.380 e. The summed E-state index contributed by atoms with van der Waals surface area (Å²) in [7, 11) is 0. The van der Waals surface area contributed by atoms with Gasteiger partial charge < -0.3 is 5.32 Å². The van der Waals surface area contributed by atoms with E-state index in [-0.39, 0.29) is 10.7 Å². The zero-order valence-electron chi connectivity index (χ0n) is 10.1. The molecular weight excluding hydrogens is 367 g/mol. The number of hydrogen-bond acceptors (Lipinski definition) is 3. The molecule has 0 fully saturated rings. The number of nitro groups is 1. The summed E-state index contributed by atoms with van der Waals surface area (Å²) < 4.78 is 0.866. The van der Waals surface area contributed by atoms with E-state index in [9.17, 15) is 10.1 Å². The number of anilines is 1. The van der Waals surface area contributed by atoms with Crippen LogP contribution in [0.15, 0.2) is 40.9 Å². The van der Waals surface area contributed by atoms with Crippen LogP contribution in [0.25, 0.3) is 0 Å². The van der Waals surface area contributed by atoms with Crippen molar-refractivity contribution in [3.63, 3.8) is 0 Å². The Morgan fingerprint density at radius 2 is 1.95 bits per heavy atom. The van der Waals surface area contributed by atoms with Crippen LogP contribution in [0.1, 0.15) is 5.56 Å². The zero-order chi connectivity index (χ0) is 14.7. The third kappa shape index (κ3) is 3.62. The predicted octanol–water partition coefficient (Wildman–Crippen LogP) is 5.28. The van der Waals surface area contributed by atoms with E-state index in [1.165, 1.54) is 12.1 Å². The highest BCUT2D eigenvalue weighted by atomic mass is 79.9. The van der Waals surface area contributed by atoms with E-state index in [4.69, 9.17) is 23.2 Å². The van der Waals surface area contributed by atoms with Crippen LogP contribution in [-0.2, 0) is 6.54 Å². The molecule has 0 saturated carbocycles. The van der Waals surface area contributed by atoms with Gasteiger partial charge in [0.1, 0.15) is 5.02 Å². The summed E-state index contributed by atoms with van der Waals surface area (Å²) in [5.74, 6) is 0. The van der Waals surface area contributed by atoms with E-state index in [2.05, 4.69) is 21.2 Å². The van der Waals surface area contributed by atoms with Crippen molar-refractivity contribution in [1.82, 2.24) is 0 Å². The fourth-order valence-corrected chi connectivity index (χ4v) is 2.38. The smallest absolute Gasteiger partial charge is 0.288 e. The molecule has 0 atom stereocenters. The summed E-state index contributed by atoms with van der Waals surface area (Å²) in [4.78, 5) is 10.3. The van der Waals surface area contributed by atoms with Gasteiger partial charge in [0.15, 0.2) is 0 Å². The number of rotatable bonds is 4. The highest BCUT2D eigenvalue weighted by Crippen LogP contribution is 2.28. The average Bonchev–Trinajstić information content (AvgIpc) is 2.41. The highest BCUT2D eigenvalue weighted by molar-refractivity contribution is 9.10. The quantitative estimate of drug-likeness (QED) is 0.584. The zero-order valence-corrected chi connectivity index (χ0v) is 13.2. The molecule has 7 heteroatoms. The molecule has 0 bridgehead atoms. The maximum absolute atomic E-state index is 10.8. The van der Waals surface area contributed by atoms with Gasteiger partial charge in [0.25, 0.3) is 5.69 Å². The molecule has 0 unspecified atom stereocenters. The molecule has 4 nitrogen and oxygen atoms in total. The molecule has 0 spiro atoms. The van der Waals surface area contributed by atoms with Crippen LogP contribution in [0, 0.1) is 10.1 Å². The Morgan fingerprint density at radius 3 is 2.65 bits per heavy atom. The fraction of sp³-hybridized carbons (Fsp3) is 0.0769. The Labute approximate surface area is 134 Å². The molecule has 1 N–H and O–H groups in total. The number of nitro benzene ring substituents is 1. The second-order valence-electron chi connectivity index (χ2n) is 4.02. The number of benzene rings is 2. The van der Waals surface area contributed by atoms with Gasteiger partial charge in [-0.25, -0.2) is 0 Å². The minimum Gasteiger partial charge on any atom is -0.380 e. The molecule has 0 radical (unpaired) electrons. The number of hydrogen-bond donors (Lipinski definition) is 1. The molecule has 0 aliphatic heterocycles. The van der Waals surface area contributed by atoms with Gasteiger partial charge in [0, 0.05) is 22.1 Å². The maximum atomic E-state index is 10.8. The van der Waals surface area contributed by atoms with Crippen molar-refractivity contribution < 1.29 is 4.92 Å². The van der Waals surface area contributed by atoms with Crippen LogP contribution in [0.3, 0.4) is 0 Å². The molecule has 2 aromatic rings. The Balaban J connectivity index is 2.17. The van der Waals surface area contributed by atoms with Gasteiger partial charge in [-0.05, 0) is 45.8 Å². The molecular formula is C13H9BrCl2N2O2. The lowest BCUT2D eigenvalue weighted by atomic mass is 10.2. The van der Waals surface area contributed by atoms with Crippen molar-refractivity contribution in [3.8, 4) is 0 Å². The van der Waals surface area contributed by atoms with Gasteiger partial charge in [-0.15, -0.1) is 0 Å². The van der Waals surface area contributed by atoms with Gasteiger partial charge in [0.2, 0.25) is 0 Å². The van der Waals surface area contributed by atoms with E-state index in [1.807, 2.05) is 6.07 Å². The molecule has 0 saturated heterocycles. The van der Waals surface area contributed by atoms with Gasteiger partial charge in [-0.2, -0.15) is 0 Å². The van der Waals surface area contributed by atoms with Crippen LogP contribution in [0.2, 0.25) is 10.0 Å². The fourth-order valence-electron chi connectivity index (χ4n) is 1.64. The molecule has 0 aliphatic rings. The Morgan fingerprint density at radius 1 is 1.20 bits per heavy atom. The summed E-state index contributed by atoms with van der Waals surface area (Å²) in [6, 6.07) is 10.1. The summed E-state index contributed by atoms with van der Waals surface area (Å²) in [5, 5.41) is 14.7. The number of nitrogens with zero attached hydrogens (tertiary/aromatic N) is 1. The molecule has 104 valence electrons. The van der Waals surface area contributed by atoms with E-state index < -0.39 is 4.92 Å². The van der Waals surface area contributed by atoms with E-state index >= 15 is 0 Å². The first-order valence-electron chi connectivity index (χ1n) is 5.59. The number of halogens is 3. The van der Waals surface area contributed by atoms with Crippen LogP contribution in [-0.4, -0.2) is 4.92 Å². The minimum atomic E-state index is -0.499. The van der Waals surface area contributed by atoms with Crippen molar-refractivity contribution in [3.05, 3.63) is 66.6 Å². The first kappa shape index (κ1) is 15.1. The molecule has 2 rings (SSSR count). The van der Waals surface area contributed by atoms with E-state index in [0.29, 0.717) is 11.6 Å². The van der Waals surface area contributed by atoms with Crippen molar-refractivity contribution in [1.29, 1.82) is 0 Å². The Hall–Kier alpha value is -1.30. The highest BCUT2D eigenvalue weighted by Gasteiger charge is 2.12. The van der Waals surface area contributed by atoms with Crippen LogP contribution >= 0.6 is 39.1 Å². The van der Waals surface area contributed by atoms with Crippen molar-refractivity contribution >= 4 is 50.5 Å². The summed E-state index contributed by atoms with van der Waals surface area (Å²) in [6.45, 7) is 0.428. The molecule has 0 heterocycles. The summed E-state index contributed by atoms with van der Waals surface area (Å²) in [6.07, 6.45) is 0. The maximum Gasteiger partial charge on any atom is 0.288 e. The normalized spacial score (nSPS) is 10.3. The predicted molar refractivity (Wildman–Crippen MR) is 84.6 cm³/mol. The standard InChI is InChI=1S/C13H9BrCl2N2O2/c14-10-3-2-9(15)6-12(10)17-7-8-1-4-11(16)13(5-8)18(19)20/h1-6,17H,7H2. The van der Waals surface area contributed by atoms with E-state index in [1.54, 1.807) is 18.2 Å². The van der Waals surface area contributed by atoms with Crippen molar-refractivity contribution in [2.75, 3.05) is 5.32 Å². The second kappa shape index (κ2) is 6.43. The summed E-state index contributed by atoms with van der Waals surface area (Å²) >= 11 is 15.1. The Bertz CT molecular complexity index is 665. The molecule has 2 aromatic carbocycles. The second-order valence-corrected chi connectivity index (χ2v) is 5.72. The summed E-state index contributed by atoms with van der Waals surface area (Å²) in [5.41, 5.74) is 1.47. The molecule has 0 aliphatic carbocycles. The van der Waals surface area contributed by atoms with Gasteiger partial charge in [0.05, 0.1) is 10.6 Å². The van der Waals surface area contributed by atoms with Crippen molar-refractivity contribution in [2.24, 2.45) is 0 Å². The van der Waals surface area contributed by atoms with Crippen molar-refractivity contribution in [2.45, 2.75) is 6.54 Å². The minimum absolute atomic E-state index is 0.101. The lowest BCUT2D eigenvalue weighted by Gasteiger charge is -2.09. The number of nitrogens with one attached hydrogen (secondary N) is 1. The monoisotopic (exact) mass is 374 g/mol. The first-order chi connectivity index (χ1) is 9.47. The van der Waals surface area contributed by atoms with Crippen LogP contribution in [0.4, 0.5) is 11.4 Å². The van der Waals surface area contributed by atoms with Gasteiger partial charge in [-0.1, -0.05) is 29.3 Å². The lowest BCUT2D eigenvalue weighted by molar-refractivity contribution is -0.384. The Kier molecular flexibility index (Phi) is 4.86. The molecule has 0 amide bonds. The third-order valence-electron chi connectivity index (χ3n) is 2.62. The average molecular weight is 376 g/mol. The van der Waals surface area contributed by atoms with Gasteiger partial charge in [-0.3, -0.25) is 10.1 Å². The van der Waals surface area contributed by atoms with Crippen LogP contribution < -0.4 is 5.32 Å². The first-order valence-corrected chi connectivity index (χ1v) is 7.14. The van der Waals surface area contributed by atoms with Crippen LogP contribution in [0.5, 0.6) is 0 Å². The van der Waals surface area contributed by atoms with E-state index in [0.717, 1.165) is 15.7 Å². The SMILES string of the molecule is O=[N+]([O-])c1cc(CNc2cc(Cl)ccc2Br)ccc1Cl. The lowest BCUT2D eigenvalue weighted by Crippen LogP contribution is -2.01. The van der Waals surface area contributed by atoms with Gasteiger partial charge >= 0.3 is 0 Å². The third-order valence-corrected chi connectivity index (χ3v) is 3.86.